The summed E-state index contributed by atoms with van der Waals surface area (Å²) < 4.78 is 17.6. The summed E-state index contributed by atoms with van der Waals surface area (Å²) in [5.74, 6) is -3.37. The second-order valence-electron chi connectivity index (χ2n) is 23.3. The van der Waals surface area contributed by atoms with Gasteiger partial charge in [-0.2, -0.15) is 20.6 Å². The predicted molar refractivity (Wildman–Crippen MR) is 360 cm³/mol. The molecule has 24 nitrogen and oxygen atoms in total. The third-order valence-electron chi connectivity index (χ3n) is 15.8. The number of primary amides is 3. The van der Waals surface area contributed by atoms with Crippen LogP contribution in [0.5, 0.6) is 0 Å². The third-order valence-corrected chi connectivity index (χ3v) is 15.8. The van der Waals surface area contributed by atoms with Crippen molar-refractivity contribution in [2.24, 2.45) is 17.2 Å². The van der Waals surface area contributed by atoms with Crippen LogP contribution in [0.4, 0.5) is 21.5 Å². The van der Waals surface area contributed by atoms with E-state index in [9.17, 15) is 38.0 Å². The van der Waals surface area contributed by atoms with Crippen molar-refractivity contribution in [2.45, 2.75) is 99.7 Å². The van der Waals surface area contributed by atoms with Crippen LogP contribution < -0.4 is 55.3 Å². The van der Waals surface area contributed by atoms with E-state index in [-0.39, 0.29) is 76.0 Å². The number of halogens is 1. The molecule has 9 aromatic rings. The number of nitriles is 1. The Hall–Kier alpha value is -11.8. The van der Waals surface area contributed by atoms with E-state index in [2.05, 4.69) is 41.9 Å². The first kappa shape index (κ1) is 69.1. The van der Waals surface area contributed by atoms with Gasteiger partial charge in [0.2, 0.25) is 5.91 Å². The lowest BCUT2D eigenvalue weighted by atomic mass is 9.93. The minimum absolute atomic E-state index is 0.0363. The Kier molecular flexibility index (Phi) is 22.2. The largest absolute Gasteiger partial charge is 0.395 e. The fourth-order valence-corrected chi connectivity index (χ4v) is 10.7. The summed E-state index contributed by atoms with van der Waals surface area (Å²) in [6.45, 7) is 17.4. The Labute approximate surface area is 548 Å². The van der Waals surface area contributed by atoms with E-state index in [0.29, 0.717) is 63.9 Å². The van der Waals surface area contributed by atoms with Crippen LogP contribution in [0.3, 0.4) is 0 Å². The van der Waals surface area contributed by atoms with Gasteiger partial charge in [-0.15, -0.1) is 0 Å². The van der Waals surface area contributed by atoms with Crippen molar-refractivity contribution in [1.82, 2.24) is 50.6 Å². The highest BCUT2D eigenvalue weighted by atomic mass is 19.1. The Morgan fingerprint density at radius 2 is 0.947 bits per heavy atom. The van der Waals surface area contributed by atoms with E-state index < -0.39 is 23.5 Å². The summed E-state index contributed by atoms with van der Waals surface area (Å²) in [6.07, 6.45) is 1.83. The zero-order valence-corrected chi connectivity index (χ0v) is 54.0. The number of aromatic nitrogens is 6. The number of hydrogen-bond acceptors (Lipinski definition) is 14. The molecule has 3 aromatic heterocycles. The number of nitrogen functional groups attached to an aromatic ring is 2. The Bertz CT molecular complexity index is 4420. The molecule has 1 aliphatic rings. The monoisotopic (exact) mass is 1290 g/mol. The Morgan fingerprint density at radius 1 is 0.558 bits per heavy atom. The van der Waals surface area contributed by atoms with Gasteiger partial charge in [0.1, 0.15) is 17.6 Å². The molecule has 1 saturated heterocycles. The first-order chi connectivity index (χ1) is 45.2. The van der Waals surface area contributed by atoms with Gasteiger partial charge < -0.3 is 55.3 Å². The molecule has 490 valence electrons. The van der Waals surface area contributed by atoms with Crippen LogP contribution >= 0.6 is 0 Å². The molecule has 0 saturated carbocycles. The smallest absolute Gasteiger partial charge is 0.269 e. The van der Waals surface area contributed by atoms with Gasteiger partial charge in [-0.25, -0.2) is 18.4 Å². The number of nitrogens with two attached hydrogens (primary N) is 5. The van der Waals surface area contributed by atoms with Gasteiger partial charge in [-0.3, -0.25) is 33.6 Å². The number of rotatable bonds is 18. The van der Waals surface area contributed by atoms with Crippen LogP contribution in [-0.4, -0.2) is 83.8 Å². The van der Waals surface area contributed by atoms with Crippen LogP contribution in [0, 0.1) is 51.8 Å². The zero-order chi connectivity index (χ0) is 68.9. The van der Waals surface area contributed by atoms with Crippen molar-refractivity contribution in [3.8, 4) is 23.1 Å². The average molecular weight is 1290 g/mol. The minimum Gasteiger partial charge on any atom is -0.395 e. The summed E-state index contributed by atoms with van der Waals surface area (Å²) in [6, 6.07) is 38.9. The average Bonchev–Trinajstić information content (AvgIpc) is 1.67. The Balaban J connectivity index is 0.000000183. The van der Waals surface area contributed by atoms with Crippen molar-refractivity contribution in [3.05, 3.63) is 229 Å². The number of anilines is 3. The number of carbonyl (C=O) groups excluding carboxylic acids is 7. The molecular weight excluding hydrogens is 1210 g/mol. The van der Waals surface area contributed by atoms with Gasteiger partial charge in [0.15, 0.2) is 22.8 Å². The first-order valence-corrected chi connectivity index (χ1v) is 30.5. The topological polar surface area (TPSA) is 387 Å². The van der Waals surface area contributed by atoms with Crippen molar-refractivity contribution >= 4 is 58.4 Å². The van der Waals surface area contributed by atoms with Crippen LogP contribution in [0.25, 0.3) is 17.1 Å². The first-order valence-electron chi connectivity index (χ1n) is 30.5. The molecule has 6 aromatic carbocycles. The highest BCUT2D eigenvalue weighted by molar-refractivity contribution is 6.03. The fraction of sp³-hybridized carbons (Fsp3) is 0.243. The number of carbonyl (C=O) groups is 7. The number of aryl methyl sites for hydroxylation is 5. The quantitative estimate of drug-likeness (QED) is 0.0389. The third kappa shape index (κ3) is 16.7. The lowest BCUT2D eigenvalue weighted by Gasteiger charge is -2.21. The highest BCUT2D eigenvalue weighted by Crippen LogP contribution is 2.33. The number of nitrogens with zero attached hydrogens (tertiary/aromatic N) is 7. The number of hydrogen-bond donors (Lipinski definition) is 10. The normalized spacial score (nSPS) is 11.9. The molecule has 0 unspecified atom stereocenters. The fourth-order valence-electron chi connectivity index (χ4n) is 10.7. The van der Waals surface area contributed by atoms with Crippen LogP contribution in [-0.2, 0) is 24.4 Å². The molecule has 0 bridgehead atoms. The molecule has 0 spiro atoms. The van der Waals surface area contributed by atoms with E-state index in [1.807, 2.05) is 120 Å². The van der Waals surface area contributed by atoms with E-state index in [0.717, 1.165) is 70.6 Å². The van der Waals surface area contributed by atoms with Crippen LogP contribution in [0.15, 0.2) is 127 Å². The van der Waals surface area contributed by atoms with Crippen molar-refractivity contribution < 1.29 is 38.0 Å². The summed E-state index contributed by atoms with van der Waals surface area (Å²) in [5, 5.41) is 36.9. The van der Waals surface area contributed by atoms with Gasteiger partial charge in [0, 0.05) is 49.2 Å². The molecular formula is C70H76FN17O7. The van der Waals surface area contributed by atoms with E-state index >= 15 is 0 Å². The van der Waals surface area contributed by atoms with Gasteiger partial charge in [-0.05, 0) is 161 Å². The molecule has 0 atom stereocenters. The number of benzene rings is 6. The minimum atomic E-state index is -0.807. The number of amides is 7. The molecule has 0 radical (unpaired) electrons. The molecule has 1 fully saturated rings. The van der Waals surface area contributed by atoms with E-state index in [4.69, 9.17) is 33.9 Å². The van der Waals surface area contributed by atoms with Gasteiger partial charge in [0.25, 0.3) is 35.4 Å². The maximum Gasteiger partial charge on any atom is 0.269 e. The van der Waals surface area contributed by atoms with Crippen LogP contribution in [0.2, 0.25) is 0 Å². The maximum absolute atomic E-state index is 13.4. The standard InChI is InChI=1S/C25H30N6O2.C25H29N5O3.C20H17FN6O2/c1-15-3-4-16(2)20(13-15)25(33)29-14-17-5-7-19(8-6-17)31-23(24(27)32)21(26)22(30-31)18-9-11-28-12-10-18;1-14(2)21-22(28-17(5)31)23(24(26)32)30(29-21)19-10-8-18(9-11-19)13-27-25(33)20-12-15(3)6-7-16(20)4;1-11-2-5-13(21)8-15(11)20(29)25-10-12-3-6-14(7-4-12)27-18(19(24)28)17(23)16(9-22)26-27/h3-8,13,18,28H,9-12,14,26H2,1-2H3,(H2,27,32)(H,29,33);6-12,14H,13H2,1-5H3,(H2,26,32)(H,27,33)(H,28,31);2-8H,10,23H2,1H3,(H2,24,28)(H,25,29). The molecule has 4 heterocycles. The summed E-state index contributed by atoms with van der Waals surface area (Å²) in [4.78, 5) is 85.2. The summed E-state index contributed by atoms with van der Waals surface area (Å²) >= 11 is 0. The van der Waals surface area contributed by atoms with Crippen molar-refractivity contribution in [1.29, 1.82) is 5.26 Å². The lowest BCUT2D eigenvalue weighted by Crippen LogP contribution is -2.27. The lowest BCUT2D eigenvalue weighted by molar-refractivity contribution is -0.114. The maximum atomic E-state index is 13.4. The molecule has 7 amide bonds. The summed E-state index contributed by atoms with van der Waals surface area (Å²) in [7, 11) is 0. The Morgan fingerprint density at radius 3 is 1.35 bits per heavy atom. The van der Waals surface area contributed by atoms with E-state index in [1.165, 1.54) is 33.1 Å². The molecule has 15 N–H and O–H groups in total. The molecule has 25 heteroatoms. The number of piperidine rings is 1. The number of nitrogens with one attached hydrogen (secondary N) is 5. The van der Waals surface area contributed by atoms with Gasteiger partial charge in [-0.1, -0.05) is 91.7 Å². The van der Waals surface area contributed by atoms with Crippen molar-refractivity contribution in [3.63, 3.8) is 0 Å². The molecule has 10 rings (SSSR count). The van der Waals surface area contributed by atoms with Crippen molar-refractivity contribution in [2.75, 3.05) is 29.9 Å². The zero-order valence-electron chi connectivity index (χ0n) is 54.0. The molecule has 0 aliphatic carbocycles. The SMILES string of the molecule is CC(=O)Nc1c(C(C)C)nn(-c2ccc(CNC(=O)c3cc(C)ccc3C)cc2)c1C(N)=O.Cc1ccc(C)c(C(=O)NCc2ccc(-n3nc(C4CCNCC4)c(N)c3C(N)=O)cc2)c1.Cc1ccc(F)cc1C(=O)NCc1ccc(-n2nc(C#N)c(N)c2C(N)=O)cc1. The van der Waals surface area contributed by atoms with Gasteiger partial charge in [0.05, 0.1) is 39.8 Å². The van der Waals surface area contributed by atoms with Gasteiger partial charge >= 0.3 is 0 Å². The predicted octanol–water partition coefficient (Wildman–Crippen LogP) is 7.97. The second-order valence-corrected chi connectivity index (χ2v) is 23.3. The van der Waals surface area contributed by atoms with E-state index in [1.54, 1.807) is 49.4 Å². The highest BCUT2D eigenvalue weighted by Gasteiger charge is 2.29. The second kappa shape index (κ2) is 30.6. The molecule has 95 heavy (non-hydrogen) atoms. The van der Waals surface area contributed by atoms with Crippen LogP contribution in [0.1, 0.15) is 170 Å². The molecule has 1 aliphatic heterocycles. The summed E-state index contributed by atoms with van der Waals surface area (Å²) in [5.41, 5.74) is 41.3.